The van der Waals surface area contributed by atoms with Gasteiger partial charge in [0.1, 0.15) is 0 Å². The highest BCUT2D eigenvalue weighted by Crippen LogP contribution is 2.32. The summed E-state index contributed by atoms with van der Waals surface area (Å²) in [5.74, 6) is 0. The molecule has 1 aliphatic carbocycles. The van der Waals surface area contributed by atoms with Gasteiger partial charge in [0.2, 0.25) is 0 Å². The van der Waals surface area contributed by atoms with Gasteiger partial charge in [-0.05, 0) is 70.9 Å². The van der Waals surface area contributed by atoms with E-state index in [0.29, 0.717) is 0 Å². The van der Waals surface area contributed by atoms with Gasteiger partial charge in [0, 0.05) is 0 Å². The summed E-state index contributed by atoms with van der Waals surface area (Å²) in [5.41, 5.74) is 1.69. The molecule has 0 aromatic heterocycles. The van der Waals surface area contributed by atoms with Crippen molar-refractivity contribution in [3.8, 4) is 0 Å². The fourth-order valence-corrected chi connectivity index (χ4v) is 2.07. The molecular formula is C6H8I2. The van der Waals surface area contributed by atoms with Crippen LogP contribution in [0.5, 0.6) is 0 Å². The van der Waals surface area contributed by atoms with E-state index in [-0.39, 0.29) is 0 Å². The Labute approximate surface area is 77.4 Å². The molecule has 1 aliphatic rings. The maximum absolute atomic E-state index is 2.41. The molecule has 0 amide bonds. The lowest BCUT2D eigenvalue weighted by Gasteiger charge is -1.91. The molecule has 2 heteroatoms. The maximum atomic E-state index is 2.41. The Balaban J connectivity index is 2.58. The SMILES string of the molecule is IC(I)=C1CCCC1. The van der Waals surface area contributed by atoms with E-state index in [1.807, 2.05) is 0 Å². The van der Waals surface area contributed by atoms with Gasteiger partial charge in [-0.2, -0.15) is 0 Å². The zero-order valence-electron chi connectivity index (χ0n) is 4.58. The van der Waals surface area contributed by atoms with Crippen LogP contribution in [-0.2, 0) is 0 Å². The Morgan fingerprint density at radius 2 is 1.62 bits per heavy atom. The summed E-state index contributed by atoms with van der Waals surface area (Å²) in [6, 6.07) is 0. The van der Waals surface area contributed by atoms with E-state index >= 15 is 0 Å². The van der Waals surface area contributed by atoms with Crippen LogP contribution < -0.4 is 0 Å². The first-order valence-corrected chi connectivity index (χ1v) is 4.99. The normalized spacial score (nSPS) is 19.5. The molecule has 0 unspecified atom stereocenters. The second-order valence-electron chi connectivity index (χ2n) is 2.07. The molecule has 0 heterocycles. The van der Waals surface area contributed by atoms with Crippen molar-refractivity contribution in [3.63, 3.8) is 0 Å². The minimum absolute atomic E-state index is 1.36. The molecule has 1 saturated carbocycles. The second-order valence-corrected chi connectivity index (χ2v) is 6.29. The van der Waals surface area contributed by atoms with Crippen LogP contribution in [0.2, 0.25) is 0 Å². The quantitative estimate of drug-likeness (QED) is 0.594. The van der Waals surface area contributed by atoms with Crippen molar-refractivity contribution in [1.29, 1.82) is 0 Å². The molecule has 0 saturated heterocycles. The summed E-state index contributed by atoms with van der Waals surface area (Å²) in [6.07, 6.45) is 5.57. The third-order valence-electron chi connectivity index (χ3n) is 1.47. The van der Waals surface area contributed by atoms with Gasteiger partial charge >= 0.3 is 0 Å². The Bertz CT molecular complexity index is 104. The van der Waals surface area contributed by atoms with Gasteiger partial charge in [-0.3, -0.25) is 0 Å². The molecule has 1 rings (SSSR count). The van der Waals surface area contributed by atoms with E-state index in [2.05, 4.69) is 45.2 Å². The smallest absolute Gasteiger partial charge is 0.0506 e. The van der Waals surface area contributed by atoms with Crippen molar-refractivity contribution >= 4 is 45.2 Å². The fraction of sp³-hybridized carbons (Fsp3) is 0.667. The van der Waals surface area contributed by atoms with E-state index in [1.54, 1.807) is 5.57 Å². The molecule has 0 nitrogen and oxygen atoms in total. The molecule has 0 radical (unpaired) electrons. The van der Waals surface area contributed by atoms with Gasteiger partial charge in [0.25, 0.3) is 0 Å². The highest BCUT2D eigenvalue weighted by atomic mass is 127. The van der Waals surface area contributed by atoms with Crippen LogP contribution in [0.1, 0.15) is 25.7 Å². The van der Waals surface area contributed by atoms with Crippen LogP contribution in [0.4, 0.5) is 0 Å². The monoisotopic (exact) mass is 334 g/mol. The molecule has 0 bridgehead atoms. The summed E-state index contributed by atoms with van der Waals surface area (Å²) in [6.45, 7) is 0. The standard InChI is InChI=1S/C6H8I2/c7-6(8)5-3-1-2-4-5/h1-4H2. The molecule has 46 valence electrons. The van der Waals surface area contributed by atoms with Crippen LogP contribution in [-0.4, -0.2) is 0 Å². The molecule has 0 atom stereocenters. The van der Waals surface area contributed by atoms with E-state index in [1.165, 1.54) is 27.3 Å². The molecule has 0 aliphatic heterocycles. The van der Waals surface area contributed by atoms with Crippen LogP contribution in [0.3, 0.4) is 0 Å². The number of hydrogen-bond donors (Lipinski definition) is 0. The highest BCUT2D eigenvalue weighted by molar-refractivity contribution is 14.2. The molecule has 0 spiro atoms. The average Bonchev–Trinajstić information content (AvgIpc) is 2.12. The predicted octanol–water partition coefficient (Wildman–Crippen LogP) is 3.64. The molecule has 1 fully saturated rings. The van der Waals surface area contributed by atoms with Gasteiger partial charge in [0.05, 0.1) is 1.59 Å². The summed E-state index contributed by atoms with van der Waals surface area (Å²) in [5, 5.41) is 0. The molecule has 0 aromatic carbocycles. The third-order valence-corrected chi connectivity index (χ3v) is 3.00. The lowest BCUT2D eigenvalue weighted by molar-refractivity contribution is 0.886. The van der Waals surface area contributed by atoms with Crippen molar-refractivity contribution in [1.82, 2.24) is 0 Å². The van der Waals surface area contributed by atoms with Crippen molar-refractivity contribution in [2.24, 2.45) is 0 Å². The lowest BCUT2D eigenvalue weighted by Crippen LogP contribution is -1.68. The van der Waals surface area contributed by atoms with E-state index in [4.69, 9.17) is 0 Å². The van der Waals surface area contributed by atoms with Gasteiger partial charge in [0.15, 0.2) is 0 Å². The first kappa shape index (κ1) is 7.31. The summed E-state index contributed by atoms with van der Waals surface area (Å²) >= 11 is 4.82. The van der Waals surface area contributed by atoms with E-state index < -0.39 is 0 Å². The minimum Gasteiger partial charge on any atom is -0.0507 e. The Morgan fingerprint density at radius 1 is 1.12 bits per heavy atom. The van der Waals surface area contributed by atoms with Gasteiger partial charge in [-0.1, -0.05) is 5.57 Å². The predicted molar refractivity (Wildman–Crippen MR) is 53.5 cm³/mol. The van der Waals surface area contributed by atoms with Gasteiger partial charge < -0.3 is 0 Å². The van der Waals surface area contributed by atoms with Crippen LogP contribution in [0.15, 0.2) is 7.16 Å². The van der Waals surface area contributed by atoms with Crippen molar-refractivity contribution in [3.05, 3.63) is 7.16 Å². The van der Waals surface area contributed by atoms with E-state index in [0.717, 1.165) is 0 Å². The first-order valence-electron chi connectivity index (χ1n) is 2.84. The fourth-order valence-electron chi connectivity index (χ4n) is 0.991. The number of rotatable bonds is 0. The molecule has 0 N–H and O–H groups in total. The largest absolute Gasteiger partial charge is 0.0507 e. The van der Waals surface area contributed by atoms with E-state index in [9.17, 15) is 0 Å². The highest BCUT2D eigenvalue weighted by Gasteiger charge is 2.07. The summed E-state index contributed by atoms with van der Waals surface area (Å²) < 4.78 is 1.50. The lowest BCUT2D eigenvalue weighted by atomic mass is 10.3. The summed E-state index contributed by atoms with van der Waals surface area (Å²) in [4.78, 5) is 0. The Morgan fingerprint density at radius 3 is 1.88 bits per heavy atom. The summed E-state index contributed by atoms with van der Waals surface area (Å²) in [7, 11) is 0. The number of hydrogen-bond acceptors (Lipinski definition) is 0. The topological polar surface area (TPSA) is 0 Å². The Kier molecular flexibility index (Phi) is 3.10. The number of halogens is 2. The molecule has 8 heavy (non-hydrogen) atoms. The van der Waals surface area contributed by atoms with Crippen molar-refractivity contribution in [2.75, 3.05) is 0 Å². The third kappa shape index (κ3) is 1.86. The van der Waals surface area contributed by atoms with Crippen LogP contribution in [0, 0.1) is 0 Å². The van der Waals surface area contributed by atoms with Crippen LogP contribution in [0.25, 0.3) is 0 Å². The Hall–Kier alpha value is 1.20. The maximum Gasteiger partial charge on any atom is 0.0506 e. The molecular weight excluding hydrogens is 326 g/mol. The average molecular weight is 334 g/mol. The van der Waals surface area contributed by atoms with Gasteiger partial charge in [-0.25, -0.2) is 0 Å². The zero-order valence-corrected chi connectivity index (χ0v) is 8.90. The first-order chi connectivity index (χ1) is 3.80. The minimum atomic E-state index is 1.36. The van der Waals surface area contributed by atoms with Crippen molar-refractivity contribution in [2.45, 2.75) is 25.7 Å². The van der Waals surface area contributed by atoms with Gasteiger partial charge in [-0.15, -0.1) is 0 Å². The van der Waals surface area contributed by atoms with Crippen molar-refractivity contribution < 1.29 is 0 Å². The zero-order chi connectivity index (χ0) is 5.98. The second kappa shape index (κ2) is 3.39. The van der Waals surface area contributed by atoms with Crippen LogP contribution >= 0.6 is 45.2 Å². The number of allylic oxidation sites excluding steroid dienone is 1. The molecule has 0 aromatic rings.